The van der Waals surface area contributed by atoms with Crippen molar-refractivity contribution in [2.45, 2.75) is 26.2 Å². The molecule has 2 amide bonds. The molecule has 10 heteroatoms. The van der Waals surface area contributed by atoms with Crippen LogP contribution in [0.15, 0.2) is 21.3 Å². The van der Waals surface area contributed by atoms with Gasteiger partial charge in [-0.05, 0) is 25.3 Å². The van der Waals surface area contributed by atoms with Crippen molar-refractivity contribution in [3.8, 4) is 11.5 Å². The van der Waals surface area contributed by atoms with Crippen LogP contribution in [0.25, 0.3) is 11.0 Å². The molecule has 172 valence electrons. The molecule has 1 atom stereocenters. The van der Waals surface area contributed by atoms with E-state index < -0.39 is 30.0 Å². The summed E-state index contributed by atoms with van der Waals surface area (Å²) in [6.45, 7) is 1.89. The summed E-state index contributed by atoms with van der Waals surface area (Å²) in [5.74, 6) is -1.39. The molecule has 10 nitrogen and oxygen atoms in total. The summed E-state index contributed by atoms with van der Waals surface area (Å²) in [7, 11) is 2.99. The van der Waals surface area contributed by atoms with Crippen LogP contribution in [-0.2, 0) is 20.8 Å². The van der Waals surface area contributed by atoms with Crippen LogP contribution in [0.5, 0.6) is 11.5 Å². The Morgan fingerprint density at radius 1 is 1.25 bits per heavy atom. The van der Waals surface area contributed by atoms with Crippen LogP contribution in [0.1, 0.15) is 24.0 Å². The summed E-state index contributed by atoms with van der Waals surface area (Å²) in [5, 5.41) is 11.7. The highest BCUT2D eigenvalue weighted by atomic mass is 16.5. The zero-order chi connectivity index (χ0) is 23.4. The first kappa shape index (κ1) is 23.1. The minimum Gasteiger partial charge on any atom is -0.496 e. The number of aliphatic carboxylic acids is 1. The van der Waals surface area contributed by atoms with E-state index in [9.17, 15) is 19.2 Å². The molecular formula is C22H26N2O8. The van der Waals surface area contributed by atoms with Gasteiger partial charge in [0, 0.05) is 25.2 Å². The Kier molecular flexibility index (Phi) is 7.01. The molecule has 2 heterocycles. The van der Waals surface area contributed by atoms with E-state index in [4.69, 9.17) is 19.0 Å². The summed E-state index contributed by atoms with van der Waals surface area (Å²) in [6.07, 6.45) is 0.990. The van der Waals surface area contributed by atoms with E-state index >= 15 is 0 Å². The first-order valence-electron chi connectivity index (χ1n) is 10.2. The molecule has 1 saturated heterocycles. The molecular weight excluding hydrogens is 420 g/mol. The molecule has 0 spiro atoms. The summed E-state index contributed by atoms with van der Waals surface area (Å²) in [6, 6.07) is 3.26. The maximum Gasteiger partial charge on any atom is 0.340 e. The Hall–Kier alpha value is -3.56. The predicted molar refractivity (Wildman–Crippen MR) is 114 cm³/mol. The molecule has 0 bridgehead atoms. The van der Waals surface area contributed by atoms with Gasteiger partial charge >= 0.3 is 11.6 Å². The lowest BCUT2D eigenvalue weighted by atomic mass is 9.96. The average molecular weight is 446 g/mol. The number of aryl methyl sites for hydroxylation is 1. The van der Waals surface area contributed by atoms with Gasteiger partial charge in [0.1, 0.15) is 23.6 Å². The fraction of sp³-hybridized carbons (Fsp3) is 0.455. The lowest BCUT2D eigenvalue weighted by Gasteiger charge is -2.32. The van der Waals surface area contributed by atoms with Gasteiger partial charge in [-0.15, -0.1) is 0 Å². The van der Waals surface area contributed by atoms with Gasteiger partial charge in [0.15, 0.2) is 0 Å². The number of amides is 2. The Labute approximate surface area is 184 Å². The normalized spacial score (nSPS) is 16.0. The molecule has 2 N–H and O–H groups in total. The van der Waals surface area contributed by atoms with Crippen LogP contribution < -0.4 is 20.4 Å². The smallest absolute Gasteiger partial charge is 0.340 e. The molecule has 3 rings (SSSR count). The number of methoxy groups -OCH3 is 2. The van der Waals surface area contributed by atoms with Crippen LogP contribution in [0.2, 0.25) is 0 Å². The molecule has 1 aromatic heterocycles. The Bertz CT molecular complexity index is 1110. The van der Waals surface area contributed by atoms with E-state index in [1.165, 1.54) is 19.1 Å². The van der Waals surface area contributed by atoms with Crippen molar-refractivity contribution in [3.05, 3.63) is 33.7 Å². The minimum atomic E-state index is -1.13. The number of nitrogens with one attached hydrogen (secondary N) is 1. The van der Waals surface area contributed by atoms with E-state index in [1.807, 2.05) is 0 Å². The SMILES string of the molecule is COc1cc(OC)c2c(C)c(CC(=O)N3CCC[C@H](C(=O)NCC(=O)O)C3)c(=O)oc2c1. The monoisotopic (exact) mass is 446 g/mol. The summed E-state index contributed by atoms with van der Waals surface area (Å²) in [5.41, 5.74) is 0.486. The van der Waals surface area contributed by atoms with Crippen LogP contribution in [0.4, 0.5) is 0 Å². The van der Waals surface area contributed by atoms with Crippen LogP contribution in [0, 0.1) is 12.8 Å². The van der Waals surface area contributed by atoms with Crippen molar-refractivity contribution in [1.82, 2.24) is 10.2 Å². The summed E-state index contributed by atoms with van der Waals surface area (Å²) >= 11 is 0. The average Bonchev–Trinajstić information content (AvgIpc) is 2.78. The second-order valence-electron chi connectivity index (χ2n) is 7.66. The molecule has 0 aliphatic carbocycles. The second-order valence-corrected chi connectivity index (χ2v) is 7.66. The highest BCUT2D eigenvalue weighted by Gasteiger charge is 2.29. The highest BCUT2D eigenvalue weighted by molar-refractivity contribution is 5.90. The van der Waals surface area contributed by atoms with Crippen LogP contribution >= 0.6 is 0 Å². The van der Waals surface area contributed by atoms with Gasteiger partial charge in [-0.1, -0.05) is 0 Å². The fourth-order valence-electron chi connectivity index (χ4n) is 3.95. The molecule has 1 aliphatic rings. The number of carboxylic acid groups (broad SMARTS) is 1. The lowest BCUT2D eigenvalue weighted by molar-refractivity contribution is -0.140. The summed E-state index contributed by atoms with van der Waals surface area (Å²) < 4.78 is 16.1. The van der Waals surface area contributed by atoms with E-state index in [-0.39, 0.29) is 24.4 Å². The first-order valence-corrected chi connectivity index (χ1v) is 10.2. The lowest BCUT2D eigenvalue weighted by Crippen LogP contribution is -2.46. The van der Waals surface area contributed by atoms with Gasteiger partial charge < -0.3 is 29.2 Å². The van der Waals surface area contributed by atoms with E-state index in [0.717, 1.165) is 0 Å². The molecule has 32 heavy (non-hydrogen) atoms. The number of hydrogen-bond donors (Lipinski definition) is 2. The number of ether oxygens (including phenoxy) is 2. The maximum atomic E-state index is 13.0. The number of rotatable bonds is 7. The third-order valence-electron chi connectivity index (χ3n) is 5.66. The Morgan fingerprint density at radius 3 is 2.66 bits per heavy atom. The highest BCUT2D eigenvalue weighted by Crippen LogP contribution is 2.34. The van der Waals surface area contributed by atoms with Crippen LogP contribution in [0.3, 0.4) is 0 Å². The predicted octanol–water partition coefficient (Wildman–Crippen LogP) is 1.10. The number of nitrogens with zero attached hydrogens (tertiary/aromatic N) is 1. The van der Waals surface area contributed by atoms with Crippen molar-refractivity contribution in [1.29, 1.82) is 0 Å². The van der Waals surface area contributed by atoms with Gasteiger partial charge in [0.2, 0.25) is 11.8 Å². The molecule has 2 aromatic rings. The Balaban J connectivity index is 1.82. The largest absolute Gasteiger partial charge is 0.496 e. The molecule has 1 aromatic carbocycles. The number of benzene rings is 1. The third-order valence-corrected chi connectivity index (χ3v) is 5.66. The van der Waals surface area contributed by atoms with Gasteiger partial charge in [0.25, 0.3) is 0 Å². The number of piperidine rings is 1. The van der Waals surface area contributed by atoms with Crippen molar-refractivity contribution >= 4 is 28.8 Å². The molecule has 0 radical (unpaired) electrons. The maximum absolute atomic E-state index is 13.0. The zero-order valence-electron chi connectivity index (χ0n) is 18.2. The third kappa shape index (κ3) is 4.84. The number of fused-ring (bicyclic) bond motifs is 1. The van der Waals surface area contributed by atoms with E-state index in [1.54, 1.807) is 19.1 Å². The van der Waals surface area contributed by atoms with E-state index in [2.05, 4.69) is 5.32 Å². The second kappa shape index (κ2) is 9.71. The molecule has 1 fully saturated rings. The van der Waals surface area contributed by atoms with Crippen molar-refractivity contribution in [2.24, 2.45) is 5.92 Å². The van der Waals surface area contributed by atoms with Crippen LogP contribution in [-0.4, -0.2) is 61.6 Å². The van der Waals surface area contributed by atoms with Crippen molar-refractivity contribution in [2.75, 3.05) is 33.9 Å². The minimum absolute atomic E-state index is 0.169. The van der Waals surface area contributed by atoms with Crippen molar-refractivity contribution in [3.63, 3.8) is 0 Å². The van der Waals surface area contributed by atoms with Gasteiger partial charge in [0.05, 0.1) is 37.5 Å². The van der Waals surface area contributed by atoms with E-state index in [0.29, 0.717) is 47.4 Å². The number of carboxylic acids is 1. The molecule has 0 unspecified atom stereocenters. The van der Waals surface area contributed by atoms with Gasteiger partial charge in [-0.3, -0.25) is 14.4 Å². The fourth-order valence-corrected chi connectivity index (χ4v) is 3.95. The topological polar surface area (TPSA) is 135 Å². The number of carbonyl (C=O) groups is 3. The number of likely N-dealkylation sites (tertiary alicyclic amines) is 1. The standard InChI is InChI=1S/C22H26N2O8/c1-12-15(22(29)32-17-8-14(30-2)7-16(31-3)20(12)17)9-18(25)24-6-4-5-13(11-24)21(28)23-10-19(26)27/h7-8,13H,4-6,9-11H2,1-3H3,(H,23,28)(H,26,27)/t13-/m0/s1. The molecule has 0 saturated carbocycles. The van der Waals surface area contributed by atoms with Gasteiger partial charge in [-0.25, -0.2) is 4.79 Å². The quantitative estimate of drug-likeness (QED) is 0.604. The van der Waals surface area contributed by atoms with Crippen molar-refractivity contribution < 1.29 is 33.4 Å². The first-order chi connectivity index (χ1) is 15.2. The Morgan fingerprint density at radius 2 is 2.00 bits per heavy atom. The summed E-state index contributed by atoms with van der Waals surface area (Å²) in [4.78, 5) is 50.0. The zero-order valence-corrected chi connectivity index (χ0v) is 18.2. The van der Waals surface area contributed by atoms with Gasteiger partial charge in [-0.2, -0.15) is 0 Å². The number of hydrogen-bond acceptors (Lipinski definition) is 7. The number of carbonyl (C=O) groups excluding carboxylic acids is 2. The molecule has 1 aliphatic heterocycles.